The SMILES string of the molecule is CCOC(=O)CN(C)C(=O)/C(C#N)=C/c1cc(C)n(-c2ccc(OC)cc2)c1C. The maximum Gasteiger partial charge on any atom is 0.325 e. The highest BCUT2D eigenvalue weighted by atomic mass is 16.5. The highest BCUT2D eigenvalue weighted by Gasteiger charge is 2.19. The Kier molecular flexibility index (Phi) is 7.21. The van der Waals surface area contributed by atoms with Crippen molar-refractivity contribution in [2.45, 2.75) is 20.8 Å². The fourth-order valence-corrected chi connectivity index (χ4v) is 3.04. The van der Waals surface area contributed by atoms with Crippen LogP contribution in [0, 0.1) is 25.2 Å². The van der Waals surface area contributed by atoms with Crippen molar-refractivity contribution in [2.75, 3.05) is 27.3 Å². The molecule has 29 heavy (non-hydrogen) atoms. The Labute approximate surface area is 170 Å². The van der Waals surface area contributed by atoms with Gasteiger partial charge in [0.15, 0.2) is 0 Å². The zero-order valence-electron chi connectivity index (χ0n) is 17.4. The van der Waals surface area contributed by atoms with Gasteiger partial charge in [0.05, 0.1) is 13.7 Å². The highest BCUT2D eigenvalue weighted by Crippen LogP contribution is 2.24. The molecule has 0 fully saturated rings. The Bertz CT molecular complexity index is 965. The molecule has 7 heteroatoms. The second-order valence-electron chi connectivity index (χ2n) is 6.50. The quantitative estimate of drug-likeness (QED) is 0.409. The van der Waals surface area contributed by atoms with E-state index in [1.54, 1.807) is 20.1 Å². The van der Waals surface area contributed by atoms with Gasteiger partial charge in [-0.3, -0.25) is 9.59 Å². The molecule has 1 aromatic heterocycles. The summed E-state index contributed by atoms with van der Waals surface area (Å²) in [6.45, 7) is 5.59. The van der Waals surface area contributed by atoms with Crippen LogP contribution in [0.2, 0.25) is 0 Å². The fourth-order valence-electron chi connectivity index (χ4n) is 3.04. The Morgan fingerprint density at radius 2 is 1.90 bits per heavy atom. The van der Waals surface area contributed by atoms with E-state index in [1.165, 1.54) is 11.9 Å². The number of hydrogen-bond acceptors (Lipinski definition) is 5. The summed E-state index contributed by atoms with van der Waals surface area (Å²) in [6, 6.07) is 11.5. The molecule has 0 aliphatic carbocycles. The lowest BCUT2D eigenvalue weighted by Crippen LogP contribution is -2.33. The largest absolute Gasteiger partial charge is 0.497 e. The molecule has 0 N–H and O–H groups in total. The van der Waals surface area contributed by atoms with Crippen molar-refractivity contribution in [1.29, 1.82) is 5.26 Å². The topological polar surface area (TPSA) is 84.6 Å². The number of methoxy groups -OCH3 is 1. The van der Waals surface area contributed by atoms with E-state index in [4.69, 9.17) is 9.47 Å². The third kappa shape index (κ3) is 5.05. The van der Waals surface area contributed by atoms with Crippen molar-refractivity contribution in [3.8, 4) is 17.5 Å². The number of carbonyl (C=O) groups excluding carboxylic acids is 2. The van der Waals surface area contributed by atoms with Crippen molar-refractivity contribution in [2.24, 2.45) is 0 Å². The molecule has 2 aromatic rings. The van der Waals surface area contributed by atoms with Gasteiger partial charge in [-0.1, -0.05) is 0 Å². The molecule has 0 aliphatic rings. The monoisotopic (exact) mass is 395 g/mol. The summed E-state index contributed by atoms with van der Waals surface area (Å²) in [7, 11) is 3.08. The molecule has 152 valence electrons. The normalized spacial score (nSPS) is 11.0. The summed E-state index contributed by atoms with van der Waals surface area (Å²) in [5.41, 5.74) is 3.51. The number of nitrogens with zero attached hydrogens (tertiary/aromatic N) is 3. The molecule has 0 radical (unpaired) electrons. The number of hydrogen-bond donors (Lipinski definition) is 0. The van der Waals surface area contributed by atoms with Gasteiger partial charge in [-0.25, -0.2) is 0 Å². The molecule has 1 heterocycles. The molecule has 0 saturated carbocycles. The van der Waals surface area contributed by atoms with Gasteiger partial charge in [-0.05, 0) is 62.7 Å². The minimum atomic E-state index is -0.533. The van der Waals surface area contributed by atoms with Gasteiger partial charge in [0.1, 0.15) is 23.9 Å². The van der Waals surface area contributed by atoms with E-state index in [0.29, 0.717) is 0 Å². The number of likely N-dealkylation sites (N-methyl/N-ethyl adjacent to an activating group) is 1. The number of amides is 1. The van der Waals surface area contributed by atoms with Crippen LogP contribution in [-0.2, 0) is 14.3 Å². The standard InChI is InChI=1S/C22H25N3O4/c1-6-29-21(26)14-24(4)22(27)18(13-23)12-17-11-15(2)25(16(17)3)19-7-9-20(28-5)10-8-19/h7-12H,6,14H2,1-5H3/b18-12+. The van der Waals surface area contributed by atoms with Crippen molar-refractivity contribution < 1.29 is 19.1 Å². The molecule has 1 aromatic carbocycles. The van der Waals surface area contributed by atoms with Gasteiger partial charge in [-0.15, -0.1) is 0 Å². The number of rotatable bonds is 7. The van der Waals surface area contributed by atoms with Crippen LogP contribution < -0.4 is 4.74 Å². The third-order valence-electron chi connectivity index (χ3n) is 4.47. The van der Waals surface area contributed by atoms with E-state index < -0.39 is 11.9 Å². The number of benzene rings is 1. The summed E-state index contributed by atoms with van der Waals surface area (Å²) in [4.78, 5) is 25.3. The minimum absolute atomic E-state index is 0.0493. The number of carbonyl (C=O) groups is 2. The number of nitriles is 1. The molecule has 0 atom stereocenters. The first-order valence-corrected chi connectivity index (χ1v) is 9.18. The van der Waals surface area contributed by atoms with E-state index in [1.807, 2.05) is 54.8 Å². The zero-order valence-corrected chi connectivity index (χ0v) is 17.4. The molecule has 2 rings (SSSR count). The number of ether oxygens (including phenoxy) is 2. The molecular formula is C22H25N3O4. The third-order valence-corrected chi connectivity index (χ3v) is 4.47. The lowest BCUT2D eigenvalue weighted by Gasteiger charge is -2.15. The Morgan fingerprint density at radius 1 is 1.24 bits per heavy atom. The average molecular weight is 395 g/mol. The van der Waals surface area contributed by atoms with Crippen LogP contribution in [0.15, 0.2) is 35.9 Å². The van der Waals surface area contributed by atoms with Crippen molar-refractivity contribution in [1.82, 2.24) is 9.47 Å². The fraction of sp³-hybridized carbons (Fsp3) is 0.318. The molecule has 0 saturated heterocycles. The van der Waals surface area contributed by atoms with Crippen molar-refractivity contribution in [3.05, 3.63) is 52.9 Å². The summed E-state index contributed by atoms with van der Waals surface area (Å²) < 4.78 is 12.1. The van der Waals surface area contributed by atoms with E-state index >= 15 is 0 Å². The number of aromatic nitrogens is 1. The first-order valence-electron chi connectivity index (χ1n) is 9.18. The lowest BCUT2D eigenvalue weighted by atomic mass is 10.1. The van der Waals surface area contributed by atoms with E-state index in [2.05, 4.69) is 0 Å². The van der Waals surface area contributed by atoms with Crippen LogP contribution in [0.1, 0.15) is 23.9 Å². The van der Waals surface area contributed by atoms with Gasteiger partial charge < -0.3 is 18.9 Å². The molecule has 7 nitrogen and oxygen atoms in total. The van der Waals surface area contributed by atoms with Crippen LogP contribution in [-0.4, -0.2) is 48.7 Å². The maximum absolute atomic E-state index is 12.6. The molecule has 1 amide bonds. The van der Waals surface area contributed by atoms with Crippen molar-refractivity contribution in [3.63, 3.8) is 0 Å². The first kappa shape index (κ1) is 21.8. The first-order chi connectivity index (χ1) is 13.8. The number of esters is 1. The van der Waals surface area contributed by atoms with Gasteiger partial charge in [-0.2, -0.15) is 5.26 Å². The molecular weight excluding hydrogens is 370 g/mol. The Morgan fingerprint density at radius 3 is 2.45 bits per heavy atom. The summed E-state index contributed by atoms with van der Waals surface area (Å²) in [6.07, 6.45) is 1.55. The van der Waals surface area contributed by atoms with Gasteiger partial charge in [0.2, 0.25) is 0 Å². The summed E-state index contributed by atoms with van der Waals surface area (Å²) in [5, 5.41) is 9.48. The number of aryl methyl sites for hydroxylation is 1. The van der Waals surface area contributed by atoms with E-state index in [-0.39, 0.29) is 18.7 Å². The van der Waals surface area contributed by atoms with Gasteiger partial charge in [0.25, 0.3) is 5.91 Å². The molecule has 0 bridgehead atoms. The summed E-state index contributed by atoms with van der Waals surface area (Å²) >= 11 is 0. The predicted octanol–water partition coefficient (Wildman–Crippen LogP) is 3.03. The van der Waals surface area contributed by atoms with Crippen molar-refractivity contribution >= 4 is 18.0 Å². The highest BCUT2D eigenvalue weighted by molar-refractivity contribution is 6.02. The Balaban J connectivity index is 2.33. The lowest BCUT2D eigenvalue weighted by molar-refractivity contribution is -0.147. The van der Waals surface area contributed by atoms with Gasteiger partial charge in [0, 0.05) is 24.1 Å². The summed E-state index contributed by atoms with van der Waals surface area (Å²) in [5.74, 6) is -0.286. The van der Waals surface area contributed by atoms with Crippen LogP contribution in [0.5, 0.6) is 5.75 Å². The van der Waals surface area contributed by atoms with E-state index in [9.17, 15) is 14.9 Å². The second kappa shape index (κ2) is 9.60. The maximum atomic E-state index is 12.6. The average Bonchev–Trinajstić information content (AvgIpc) is 2.98. The molecule has 0 aliphatic heterocycles. The Hall–Kier alpha value is -3.53. The zero-order chi connectivity index (χ0) is 21.6. The molecule has 0 unspecified atom stereocenters. The van der Waals surface area contributed by atoms with E-state index in [0.717, 1.165) is 28.4 Å². The predicted molar refractivity (Wildman–Crippen MR) is 110 cm³/mol. The van der Waals surface area contributed by atoms with Crippen LogP contribution >= 0.6 is 0 Å². The second-order valence-corrected chi connectivity index (χ2v) is 6.50. The van der Waals surface area contributed by atoms with Crippen LogP contribution in [0.3, 0.4) is 0 Å². The van der Waals surface area contributed by atoms with Gasteiger partial charge >= 0.3 is 5.97 Å². The van der Waals surface area contributed by atoms with Crippen LogP contribution in [0.25, 0.3) is 11.8 Å². The smallest absolute Gasteiger partial charge is 0.325 e. The minimum Gasteiger partial charge on any atom is -0.497 e. The van der Waals surface area contributed by atoms with Crippen LogP contribution in [0.4, 0.5) is 0 Å². The molecule has 0 spiro atoms.